The molecule has 0 amide bonds. The average molecular weight is 276 g/mol. The molecule has 5 heteroatoms. The van der Waals surface area contributed by atoms with Crippen LogP contribution in [0, 0.1) is 6.92 Å². The number of hydrogen-bond acceptors (Lipinski definition) is 4. The van der Waals surface area contributed by atoms with Crippen LogP contribution in [0.2, 0.25) is 0 Å². The minimum absolute atomic E-state index is 0.338. The molecule has 2 aromatic carbocycles. The third-order valence-corrected chi connectivity index (χ3v) is 2.92. The Kier molecular flexibility index (Phi) is 4.30. The fourth-order valence-electron chi connectivity index (χ4n) is 1.45. The molecular formula is C14H12O4S. The molecule has 19 heavy (non-hydrogen) atoms. The van der Waals surface area contributed by atoms with E-state index in [0.717, 1.165) is 5.56 Å². The minimum Gasteiger partial charge on any atom is -0.371 e. The topological polar surface area (TPSA) is 52.6 Å². The van der Waals surface area contributed by atoms with Crippen molar-refractivity contribution in [3.05, 3.63) is 65.7 Å². The van der Waals surface area contributed by atoms with E-state index in [9.17, 15) is 9.00 Å². The minimum atomic E-state index is -2.16. The van der Waals surface area contributed by atoms with E-state index < -0.39 is 17.3 Å². The summed E-state index contributed by atoms with van der Waals surface area (Å²) in [5, 5.41) is 0. The molecule has 0 aromatic heterocycles. The van der Waals surface area contributed by atoms with Crippen LogP contribution in [0.3, 0.4) is 0 Å². The first-order chi connectivity index (χ1) is 9.15. The second-order valence-electron chi connectivity index (χ2n) is 3.84. The number of carbonyl (C=O) groups is 1. The zero-order valence-corrected chi connectivity index (χ0v) is 11.1. The van der Waals surface area contributed by atoms with Gasteiger partial charge in [0.25, 0.3) is 0 Å². The van der Waals surface area contributed by atoms with Crippen molar-refractivity contribution in [3.8, 4) is 5.75 Å². The van der Waals surface area contributed by atoms with Crippen LogP contribution in [-0.2, 0) is 15.5 Å². The largest absolute Gasteiger partial charge is 0.420 e. The zero-order chi connectivity index (χ0) is 13.7. The Bertz CT molecular complexity index is 595. The van der Waals surface area contributed by atoms with E-state index >= 15 is 0 Å². The van der Waals surface area contributed by atoms with Gasteiger partial charge < -0.3 is 8.37 Å². The van der Waals surface area contributed by atoms with Crippen molar-refractivity contribution in [2.45, 2.75) is 6.92 Å². The maximum Gasteiger partial charge on any atom is 0.420 e. The zero-order valence-electron chi connectivity index (χ0n) is 10.2. The molecule has 2 aromatic rings. The Labute approximate surface area is 113 Å². The van der Waals surface area contributed by atoms with Crippen LogP contribution in [0.5, 0.6) is 5.75 Å². The van der Waals surface area contributed by atoms with Gasteiger partial charge in [0.15, 0.2) is 0 Å². The van der Waals surface area contributed by atoms with Crippen LogP contribution in [0.25, 0.3) is 0 Å². The normalized spacial score (nSPS) is 11.6. The van der Waals surface area contributed by atoms with Gasteiger partial charge in [0.1, 0.15) is 5.75 Å². The van der Waals surface area contributed by atoms with E-state index in [1.54, 1.807) is 48.5 Å². The van der Waals surface area contributed by atoms with E-state index in [-0.39, 0.29) is 0 Å². The van der Waals surface area contributed by atoms with Gasteiger partial charge in [-0.15, -0.1) is 0 Å². The lowest BCUT2D eigenvalue weighted by atomic mass is 10.1. The van der Waals surface area contributed by atoms with Crippen molar-refractivity contribution < 1.29 is 17.4 Å². The predicted octanol–water partition coefficient (Wildman–Crippen LogP) is 2.81. The Morgan fingerprint density at radius 1 is 1.05 bits per heavy atom. The number of rotatable bonds is 4. The highest BCUT2D eigenvalue weighted by Gasteiger charge is 2.13. The predicted molar refractivity (Wildman–Crippen MR) is 71.8 cm³/mol. The second-order valence-corrected chi connectivity index (χ2v) is 4.58. The molecule has 2 rings (SSSR count). The molecule has 0 spiro atoms. The highest BCUT2D eigenvalue weighted by atomic mass is 32.2. The molecule has 1 atom stereocenters. The van der Waals surface area contributed by atoms with Crippen LogP contribution in [0.4, 0.5) is 0 Å². The summed E-state index contributed by atoms with van der Waals surface area (Å²) in [7, 11) is 0. The van der Waals surface area contributed by atoms with Gasteiger partial charge in [-0.3, -0.25) is 0 Å². The molecule has 0 radical (unpaired) electrons. The molecule has 0 aliphatic carbocycles. The number of para-hydroxylation sites is 1. The van der Waals surface area contributed by atoms with Crippen LogP contribution < -0.4 is 4.18 Å². The van der Waals surface area contributed by atoms with Gasteiger partial charge in [-0.05, 0) is 31.2 Å². The molecule has 0 heterocycles. The van der Waals surface area contributed by atoms with Crippen molar-refractivity contribution in [1.29, 1.82) is 0 Å². The number of aryl methyl sites for hydroxylation is 1. The molecule has 0 aliphatic rings. The molecule has 0 N–H and O–H groups in total. The summed E-state index contributed by atoms with van der Waals surface area (Å²) in [4.78, 5) is 11.7. The molecule has 0 bridgehead atoms. The fraction of sp³-hybridized carbons (Fsp3) is 0.0714. The van der Waals surface area contributed by atoms with Crippen LogP contribution in [-0.4, -0.2) is 10.2 Å². The van der Waals surface area contributed by atoms with Crippen molar-refractivity contribution in [2.24, 2.45) is 0 Å². The van der Waals surface area contributed by atoms with Crippen molar-refractivity contribution in [1.82, 2.24) is 0 Å². The third-order valence-electron chi connectivity index (χ3n) is 2.30. The highest BCUT2D eigenvalue weighted by molar-refractivity contribution is 7.76. The van der Waals surface area contributed by atoms with E-state index in [4.69, 9.17) is 8.37 Å². The maximum atomic E-state index is 11.7. The summed E-state index contributed by atoms with van der Waals surface area (Å²) >= 11 is -2.16. The first-order valence-corrected chi connectivity index (χ1v) is 6.59. The van der Waals surface area contributed by atoms with Gasteiger partial charge in [-0.1, -0.05) is 35.9 Å². The molecule has 0 aliphatic heterocycles. The van der Waals surface area contributed by atoms with Crippen LogP contribution >= 0.6 is 0 Å². The van der Waals surface area contributed by atoms with Crippen molar-refractivity contribution >= 4 is 17.3 Å². The average Bonchev–Trinajstić information content (AvgIpc) is 2.39. The van der Waals surface area contributed by atoms with Gasteiger partial charge in [0, 0.05) is 0 Å². The van der Waals surface area contributed by atoms with E-state index in [2.05, 4.69) is 0 Å². The lowest BCUT2D eigenvalue weighted by Crippen LogP contribution is -2.12. The third kappa shape index (κ3) is 3.93. The molecule has 4 nitrogen and oxygen atoms in total. The number of carbonyl (C=O) groups excluding carboxylic acids is 1. The summed E-state index contributed by atoms with van der Waals surface area (Å²) in [6, 6.07) is 15.3. The molecule has 0 saturated heterocycles. The Morgan fingerprint density at radius 2 is 1.79 bits per heavy atom. The summed E-state index contributed by atoms with van der Waals surface area (Å²) in [6.45, 7) is 1.86. The smallest absolute Gasteiger partial charge is 0.371 e. The van der Waals surface area contributed by atoms with Crippen LogP contribution in [0.1, 0.15) is 15.9 Å². The lowest BCUT2D eigenvalue weighted by Gasteiger charge is -2.05. The van der Waals surface area contributed by atoms with Gasteiger partial charge >= 0.3 is 17.3 Å². The van der Waals surface area contributed by atoms with Crippen LogP contribution in [0.15, 0.2) is 54.6 Å². The molecular weight excluding hydrogens is 264 g/mol. The quantitative estimate of drug-likeness (QED) is 0.861. The first kappa shape index (κ1) is 13.3. The van der Waals surface area contributed by atoms with E-state index in [1.165, 1.54) is 0 Å². The summed E-state index contributed by atoms with van der Waals surface area (Å²) in [5.41, 5.74) is 1.26. The SMILES string of the molecule is Cc1cccc(C(=O)OS(=O)Oc2ccccc2)c1. The van der Waals surface area contributed by atoms with E-state index in [0.29, 0.717) is 11.3 Å². The maximum absolute atomic E-state index is 11.7. The summed E-state index contributed by atoms with van der Waals surface area (Å²) < 4.78 is 21.2. The monoisotopic (exact) mass is 276 g/mol. The summed E-state index contributed by atoms with van der Waals surface area (Å²) in [6.07, 6.45) is 0. The standard InChI is InChI=1S/C14H12O4S/c1-11-6-5-7-12(10-11)14(15)18-19(16)17-13-8-3-2-4-9-13/h2-10H,1H3. The number of benzene rings is 2. The highest BCUT2D eigenvalue weighted by Crippen LogP contribution is 2.12. The van der Waals surface area contributed by atoms with Gasteiger partial charge in [0.2, 0.25) is 0 Å². The second kappa shape index (κ2) is 6.15. The Morgan fingerprint density at radius 3 is 2.47 bits per heavy atom. The van der Waals surface area contributed by atoms with Crippen molar-refractivity contribution in [2.75, 3.05) is 0 Å². The van der Waals surface area contributed by atoms with E-state index in [1.807, 2.05) is 13.0 Å². The first-order valence-electron chi connectivity index (χ1n) is 5.59. The Hall–Kier alpha value is -2.14. The summed E-state index contributed by atoms with van der Waals surface area (Å²) in [5.74, 6) is -0.309. The Balaban J connectivity index is 1.98. The molecule has 0 saturated carbocycles. The van der Waals surface area contributed by atoms with Gasteiger partial charge in [0.05, 0.1) is 5.56 Å². The van der Waals surface area contributed by atoms with Crippen molar-refractivity contribution in [3.63, 3.8) is 0 Å². The van der Waals surface area contributed by atoms with Gasteiger partial charge in [-0.2, -0.15) is 4.21 Å². The molecule has 1 unspecified atom stereocenters. The lowest BCUT2D eigenvalue weighted by molar-refractivity contribution is 0.0745. The molecule has 0 fully saturated rings. The fourth-order valence-corrected chi connectivity index (χ4v) is 1.98. The number of hydrogen-bond donors (Lipinski definition) is 0. The van der Waals surface area contributed by atoms with Gasteiger partial charge in [-0.25, -0.2) is 4.79 Å². The molecule has 98 valence electrons.